The minimum atomic E-state index is -3.96. The fraction of sp³-hybridized carbons (Fsp3) is 0.333. The Morgan fingerprint density at radius 2 is 1.71 bits per heavy atom. The molecule has 2 aromatic carbocycles. The molecule has 0 radical (unpaired) electrons. The van der Waals surface area contributed by atoms with Crippen LogP contribution in [0.25, 0.3) is 10.9 Å². The molecule has 1 aliphatic carbocycles. The van der Waals surface area contributed by atoms with Gasteiger partial charge in [0.15, 0.2) is 0 Å². The monoisotopic (exact) mass is 437 g/mol. The molecule has 1 aliphatic rings. The molecule has 7 heteroatoms. The van der Waals surface area contributed by atoms with Crippen molar-refractivity contribution >= 4 is 26.8 Å². The van der Waals surface area contributed by atoms with E-state index in [4.69, 9.17) is 0 Å². The smallest absolute Gasteiger partial charge is 0.243 e. The third-order valence-electron chi connectivity index (χ3n) is 5.94. The molecule has 3 aromatic rings. The number of carbonyl (C=O) groups is 1. The Morgan fingerprint density at radius 3 is 2.45 bits per heavy atom. The van der Waals surface area contributed by atoms with Gasteiger partial charge in [0, 0.05) is 25.2 Å². The van der Waals surface area contributed by atoms with Gasteiger partial charge in [-0.25, -0.2) is 8.42 Å². The lowest BCUT2D eigenvalue weighted by molar-refractivity contribution is -0.138. The van der Waals surface area contributed by atoms with Crippen LogP contribution >= 0.6 is 0 Å². The molecular weight excluding hydrogens is 410 g/mol. The number of benzene rings is 2. The molecule has 1 amide bonds. The van der Waals surface area contributed by atoms with E-state index in [0.29, 0.717) is 24.9 Å². The van der Waals surface area contributed by atoms with Crippen LogP contribution in [0.1, 0.15) is 37.7 Å². The van der Waals surface area contributed by atoms with E-state index in [2.05, 4.69) is 9.71 Å². The number of rotatable bonds is 6. The Hall–Kier alpha value is -2.77. The molecule has 1 aromatic heterocycles. The van der Waals surface area contributed by atoms with Gasteiger partial charge in [-0.3, -0.25) is 9.78 Å². The standard InChI is InChI=1S/C24H27N3O3S/c1-27(18-19-10-4-2-5-11-19)23(28)24(15-6-3-7-16-24)26-31(29,30)21-14-8-12-20-13-9-17-25-22(20)21/h2,4-5,8-14,17,26H,3,6-7,15-16,18H2,1H3. The van der Waals surface area contributed by atoms with Gasteiger partial charge in [0.2, 0.25) is 15.9 Å². The highest BCUT2D eigenvalue weighted by Crippen LogP contribution is 2.33. The number of amides is 1. The number of carbonyl (C=O) groups excluding carboxylic acids is 1. The molecule has 0 saturated heterocycles. The number of likely N-dealkylation sites (N-methyl/N-ethyl adjacent to an activating group) is 1. The molecule has 6 nitrogen and oxygen atoms in total. The molecule has 0 spiro atoms. The van der Waals surface area contributed by atoms with Gasteiger partial charge < -0.3 is 4.90 Å². The average molecular weight is 438 g/mol. The Balaban J connectivity index is 1.66. The highest BCUT2D eigenvalue weighted by Gasteiger charge is 2.44. The maximum absolute atomic E-state index is 13.6. The van der Waals surface area contributed by atoms with Gasteiger partial charge in [-0.2, -0.15) is 4.72 Å². The minimum Gasteiger partial charge on any atom is -0.340 e. The van der Waals surface area contributed by atoms with Crippen molar-refractivity contribution in [2.75, 3.05) is 7.05 Å². The molecule has 4 rings (SSSR count). The topological polar surface area (TPSA) is 79.4 Å². The van der Waals surface area contributed by atoms with E-state index in [9.17, 15) is 13.2 Å². The van der Waals surface area contributed by atoms with E-state index >= 15 is 0 Å². The summed E-state index contributed by atoms with van der Waals surface area (Å²) in [6, 6.07) is 18.4. The van der Waals surface area contributed by atoms with E-state index in [0.717, 1.165) is 30.2 Å². The molecule has 1 saturated carbocycles. The predicted molar refractivity (Wildman–Crippen MR) is 121 cm³/mol. The molecule has 0 bridgehead atoms. The van der Waals surface area contributed by atoms with Crippen molar-refractivity contribution in [3.63, 3.8) is 0 Å². The highest BCUT2D eigenvalue weighted by molar-refractivity contribution is 7.89. The van der Waals surface area contributed by atoms with Gasteiger partial charge in [-0.1, -0.05) is 67.8 Å². The van der Waals surface area contributed by atoms with Crippen molar-refractivity contribution in [3.8, 4) is 0 Å². The first kappa shape index (κ1) is 21.5. The van der Waals surface area contributed by atoms with E-state index in [1.54, 1.807) is 36.3 Å². The summed E-state index contributed by atoms with van der Waals surface area (Å²) in [7, 11) is -2.22. The molecule has 0 unspecified atom stereocenters. The lowest BCUT2D eigenvalue weighted by Gasteiger charge is -2.39. The van der Waals surface area contributed by atoms with Crippen molar-refractivity contribution in [2.24, 2.45) is 0 Å². The average Bonchev–Trinajstić information content (AvgIpc) is 2.79. The third kappa shape index (κ3) is 4.48. The zero-order valence-electron chi connectivity index (χ0n) is 17.6. The Bertz CT molecular complexity index is 1170. The van der Waals surface area contributed by atoms with Crippen LogP contribution in [0.5, 0.6) is 0 Å². The largest absolute Gasteiger partial charge is 0.340 e. The number of hydrogen-bond donors (Lipinski definition) is 1. The van der Waals surface area contributed by atoms with Crippen molar-refractivity contribution in [3.05, 3.63) is 72.4 Å². The number of nitrogens with zero attached hydrogens (tertiary/aromatic N) is 2. The zero-order chi connectivity index (χ0) is 21.9. The number of fused-ring (bicyclic) bond motifs is 1. The van der Waals surface area contributed by atoms with Crippen LogP contribution in [-0.4, -0.2) is 36.8 Å². The van der Waals surface area contributed by atoms with Gasteiger partial charge in [-0.05, 0) is 30.5 Å². The van der Waals surface area contributed by atoms with Crippen LogP contribution in [0.3, 0.4) is 0 Å². The number of aromatic nitrogens is 1. The first-order valence-electron chi connectivity index (χ1n) is 10.6. The van der Waals surface area contributed by atoms with E-state index in [1.807, 2.05) is 42.5 Å². The maximum Gasteiger partial charge on any atom is 0.243 e. The number of hydrogen-bond acceptors (Lipinski definition) is 4. The first-order valence-corrected chi connectivity index (χ1v) is 12.1. The Kier molecular flexibility index (Phi) is 6.07. The minimum absolute atomic E-state index is 0.106. The third-order valence-corrected chi connectivity index (χ3v) is 7.51. The summed E-state index contributed by atoms with van der Waals surface area (Å²) in [6.07, 6.45) is 5.17. The van der Waals surface area contributed by atoms with Gasteiger partial charge in [0.25, 0.3) is 0 Å². The number of sulfonamides is 1. The van der Waals surface area contributed by atoms with Crippen molar-refractivity contribution in [2.45, 2.75) is 49.1 Å². The molecule has 1 N–H and O–H groups in total. The second kappa shape index (κ2) is 8.77. The lowest BCUT2D eigenvalue weighted by Crippen LogP contribution is -2.59. The summed E-state index contributed by atoms with van der Waals surface area (Å²) >= 11 is 0. The second-order valence-corrected chi connectivity index (χ2v) is 9.88. The van der Waals surface area contributed by atoms with Crippen LogP contribution in [0.15, 0.2) is 71.8 Å². The summed E-state index contributed by atoms with van der Waals surface area (Å²) in [4.78, 5) is 19.6. The summed E-state index contributed by atoms with van der Waals surface area (Å²) in [5, 5.41) is 0.746. The Labute approximate surface area is 183 Å². The SMILES string of the molecule is CN(Cc1ccccc1)C(=O)C1(NS(=O)(=O)c2cccc3cccnc23)CCCCC1. The van der Waals surface area contributed by atoms with Crippen molar-refractivity contribution in [1.82, 2.24) is 14.6 Å². The van der Waals surface area contributed by atoms with Crippen LogP contribution < -0.4 is 4.72 Å². The normalized spacial score (nSPS) is 16.2. The summed E-state index contributed by atoms with van der Waals surface area (Å²) in [6.45, 7) is 0.430. The predicted octanol–water partition coefficient (Wildman–Crippen LogP) is 3.87. The van der Waals surface area contributed by atoms with Crippen molar-refractivity contribution in [1.29, 1.82) is 0 Å². The van der Waals surface area contributed by atoms with Gasteiger partial charge >= 0.3 is 0 Å². The molecule has 1 fully saturated rings. The quantitative estimate of drug-likeness (QED) is 0.635. The van der Waals surface area contributed by atoms with Gasteiger partial charge in [0.1, 0.15) is 10.4 Å². The van der Waals surface area contributed by atoms with E-state index in [-0.39, 0.29) is 10.8 Å². The Morgan fingerprint density at radius 1 is 1.00 bits per heavy atom. The molecular formula is C24H27N3O3S. The van der Waals surface area contributed by atoms with E-state index in [1.165, 1.54) is 0 Å². The first-order chi connectivity index (χ1) is 14.9. The summed E-state index contributed by atoms with van der Waals surface area (Å²) in [5.41, 5.74) is 0.274. The van der Waals surface area contributed by atoms with Gasteiger partial charge in [-0.15, -0.1) is 0 Å². The molecule has 31 heavy (non-hydrogen) atoms. The highest BCUT2D eigenvalue weighted by atomic mass is 32.2. The van der Waals surface area contributed by atoms with Crippen LogP contribution in [-0.2, 0) is 21.4 Å². The van der Waals surface area contributed by atoms with Crippen LogP contribution in [0.4, 0.5) is 0 Å². The number of pyridine rings is 1. The lowest BCUT2D eigenvalue weighted by atomic mass is 9.81. The van der Waals surface area contributed by atoms with E-state index < -0.39 is 15.6 Å². The summed E-state index contributed by atoms with van der Waals surface area (Å²) < 4.78 is 29.8. The molecule has 1 heterocycles. The molecule has 162 valence electrons. The summed E-state index contributed by atoms with van der Waals surface area (Å²) in [5.74, 6) is -0.187. The molecule has 0 atom stereocenters. The van der Waals surface area contributed by atoms with Crippen LogP contribution in [0.2, 0.25) is 0 Å². The second-order valence-electron chi connectivity index (χ2n) is 8.23. The fourth-order valence-corrected chi connectivity index (χ4v) is 6.01. The zero-order valence-corrected chi connectivity index (χ0v) is 18.4. The van der Waals surface area contributed by atoms with Gasteiger partial charge in [0.05, 0.1) is 5.52 Å². The van der Waals surface area contributed by atoms with Crippen LogP contribution in [0, 0.1) is 0 Å². The van der Waals surface area contributed by atoms with Crippen molar-refractivity contribution < 1.29 is 13.2 Å². The number of para-hydroxylation sites is 1. The molecule has 0 aliphatic heterocycles. The number of nitrogens with one attached hydrogen (secondary N) is 1. The fourth-order valence-electron chi connectivity index (χ4n) is 4.41. The maximum atomic E-state index is 13.6.